The van der Waals surface area contributed by atoms with E-state index in [1.165, 1.54) is 25.5 Å². The largest absolute Gasteiger partial charge is 2.00 e. The van der Waals surface area contributed by atoms with Crippen molar-refractivity contribution in [1.29, 1.82) is 5.41 Å². The van der Waals surface area contributed by atoms with Crippen molar-refractivity contribution < 1.29 is 34.0 Å². The van der Waals surface area contributed by atoms with Crippen LogP contribution in [-0.4, -0.2) is 23.7 Å². The molecule has 0 aliphatic rings. The molecule has 0 aromatic carbocycles. The summed E-state index contributed by atoms with van der Waals surface area (Å²) in [5.41, 5.74) is 0. The molecule has 0 aliphatic heterocycles. The molecule has 0 fully saturated rings. The Morgan fingerprint density at radius 3 is 1.92 bits per heavy atom. The molecule has 13 heavy (non-hydrogen) atoms. The maximum atomic E-state index is 8.52. The van der Waals surface area contributed by atoms with E-state index in [-0.39, 0.29) is 16.5 Å². The number of rotatable bonds is 4. The second-order valence-electron chi connectivity index (χ2n) is 2.11. The molecule has 0 spiro atoms. The van der Waals surface area contributed by atoms with Crippen molar-refractivity contribution in [3.05, 3.63) is 0 Å². The van der Waals surface area contributed by atoms with Gasteiger partial charge in [0.05, 0.1) is 0 Å². The van der Waals surface area contributed by atoms with Crippen LogP contribution in [0.4, 0.5) is 0 Å². The molecule has 7 heteroatoms. The minimum atomic E-state index is -5.17. The predicted octanol–water partition coefficient (Wildman–Crippen LogP) is 0.876. The van der Waals surface area contributed by atoms with E-state index in [4.69, 9.17) is 22.9 Å². The van der Waals surface area contributed by atoms with Crippen LogP contribution in [0, 0.1) is 5.41 Å². The first kappa shape index (κ1) is 18.7. The number of unbranched alkanes of at least 4 members (excludes halogenated alkanes) is 3. The van der Waals surface area contributed by atoms with E-state index in [1.54, 1.807) is 0 Å². The normalized spacial score (nSPS) is 9.15. The Bertz CT molecular complexity index is 185. The van der Waals surface area contributed by atoms with Gasteiger partial charge < -0.3 is 14.5 Å². The molecule has 0 radical (unpaired) electrons. The SMILES string of the molecule is CCCCCC=N.O=S(=O)([O-])[O-].[Ni+2]. The second-order valence-corrected chi connectivity index (χ2v) is 2.92. The van der Waals surface area contributed by atoms with E-state index in [9.17, 15) is 0 Å². The zero-order valence-electron chi connectivity index (χ0n) is 7.26. The summed E-state index contributed by atoms with van der Waals surface area (Å²) in [7, 11) is -5.17. The molecule has 0 unspecified atom stereocenters. The molecule has 0 aromatic rings. The quantitative estimate of drug-likeness (QED) is 0.264. The molecule has 0 amide bonds. The van der Waals surface area contributed by atoms with Crippen molar-refractivity contribution in [2.75, 3.05) is 0 Å². The molecule has 0 aromatic heterocycles. The maximum absolute atomic E-state index is 8.52. The summed E-state index contributed by atoms with van der Waals surface area (Å²) in [6.45, 7) is 2.17. The fourth-order valence-electron chi connectivity index (χ4n) is 0.496. The monoisotopic (exact) mass is 253 g/mol. The fraction of sp³-hybridized carbons (Fsp3) is 0.833. The van der Waals surface area contributed by atoms with E-state index < -0.39 is 10.4 Å². The molecule has 0 rings (SSSR count). The summed E-state index contributed by atoms with van der Waals surface area (Å²) >= 11 is 0. The number of hydrogen-bond donors (Lipinski definition) is 1. The molecule has 0 saturated carbocycles. The Balaban J connectivity index is -0.000000150. The van der Waals surface area contributed by atoms with Crippen molar-refractivity contribution in [2.45, 2.75) is 32.6 Å². The molecule has 0 aliphatic carbocycles. The maximum Gasteiger partial charge on any atom is 2.00 e. The Morgan fingerprint density at radius 1 is 1.31 bits per heavy atom. The van der Waals surface area contributed by atoms with Crippen molar-refractivity contribution in [3.8, 4) is 0 Å². The van der Waals surface area contributed by atoms with E-state index in [0.29, 0.717) is 0 Å². The summed E-state index contributed by atoms with van der Waals surface area (Å²) in [5.74, 6) is 0. The van der Waals surface area contributed by atoms with Crippen LogP contribution in [0.25, 0.3) is 0 Å². The molecule has 1 N–H and O–H groups in total. The molecular formula is C6H13NNiO4S. The first-order chi connectivity index (χ1) is 5.41. The van der Waals surface area contributed by atoms with Crippen molar-refractivity contribution in [1.82, 2.24) is 0 Å². The second kappa shape index (κ2) is 12.0. The van der Waals surface area contributed by atoms with E-state index in [0.717, 1.165) is 6.42 Å². The average molecular weight is 254 g/mol. The van der Waals surface area contributed by atoms with E-state index in [2.05, 4.69) is 6.92 Å². The van der Waals surface area contributed by atoms with Gasteiger partial charge in [0.1, 0.15) is 0 Å². The van der Waals surface area contributed by atoms with Crippen LogP contribution in [-0.2, 0) is 26.9 Å². The zero-order valence-corrected chi connectivity index (χ0v) is 9.07. The van der Waals surface area contributed by atoms with Gasteiger partial charge in [-0.2, -0.15) is 0 Å². The third-order valence-corrected chi connectivity index (χ3v) is 0.952. The predicted molar refractivity (Wildman–Crippen MR) is 43.4 cm³/mol. The molecule has 5 nitrogen and oxygen atoms in total. The molecule has 82 valence electrons. The minimum Gasteiger partial charge on any atom is -0.759 e. The number of hydrogen-bond acceptors (Lipinski definition) is 5. The Kier molecular flexibility index (Phi) is 17.4. The molecule has 0 bridgehead atoms. The van der Waals surface area contributed by atoms with Crippen LogP contribution in [0.2, 0.25) is 0 Å². The smallest absolute Gasteiger partial charge is 0.759 e. The van der Waals surface area contributed by atoms with Crippen LogP contribution in [0.5, 0.6) is 0 Å². The van der Waals surface area contributed by atoms with Crippen LogP contribution in [0.15, 0.2) is 0 Å². The van der Waals surface area contributed by atoms with Crippen molar-refractivity contribution in [2.24, 2.45) is 0 Å². The van der Waals surface area contributed by atoms with Gasteiger partial charge in [-0.1, -0.05) is 19.8 Å². The van der Waals surface area contributed by atoms with Crippen LogP contribution in [0.3, 0.4) is 0 Å². The van der Waals surface area contributed by atoms with Crippen molar-refractivity contribution in [3.63, 3.8) is 0 Å². The van der Waals surface area contributed by atoms with Crippen LogP contribution < -0.4 is 0 Å². The van der Waals surface area contributed by atoms with Crippen LogP contribution >= 0.6 is 0 Å². The zero-order chi connectivity index (χ0) is 10.0. The van der Waals surface area contributed by atoms with Gasteiger partial charge in [0, 0.05) is 10.4 Å². The summed E-state index contributed by atoms with van der Waals surface area (Å²) < 4.78 is 34.1. The van der Waals surface area contributed by atoms with Gasteiger partial charge in [0.25, 0.3) is 0 Å². The van der Waals surface area contributed by atoms with Gasteiger partial charge in [-0.05, 0) is 19.1 Å². The summed E-state index contributed by atoms with van der Waals surface area (Å²) in [4.78, 5) is 0. The van der Waals surface area contributed by atoms with Gasteiger partial charge in [-0.25, -0.2) is 0 Å². The van der Waals surface area contributed by atoms with Gasteiger partial charge >= 0.3 is 16.5 Å². The van der Waals surface area contributed by atoms with Gasteiger partial charge in [-0.15, -0.1) is 0 Å². The molecule has 0 saturated heterocycles. The Labute approximate surface area is 88.9 Å². The summed E-state index contributed by atoms with van der Waals surface area (Å²) in [6, 6.07) is 0. The third kappa shape index (κ3) is 74.5. The van der Waals surface area contributed by atoms with E-state index >= 15 is 0 Å². The minimum absolute atomic E-state index is 0. The fourth-order valence-corrected chi connectivity index (χ4v) is 0.496. The Morgan fingerprint density at radius 2 is 1.69 bits per heavy atom. The standard InChI is InChI=1S/C6H13N.Ni.H2O4S/c1-2-3-4-5-6-7;;1-5(2,3)4/h6-7H,2-5H2,1H3;;(H2,1,2,3,4)/q;+2;/p-2. The first-order valence-electron chi connectivity index (χ1n) is 3.57. The average Bonchev–Trinajstić information content (AvgIpc) is 1.85. The van der Waals surface area contributed by atoms with Crippen molar-refractivity contribution >= 4 is 16.6 Å². The molecular weight excluding hydrogens is 241 g/mol. The molecule has 0 heterocycles. The number of nitrogens with one attached hydrogen (secondary N) is 1. The van der Waals surface area contributed by atoms with Gasteiger partial charge in [-0.3, -0.25) is 8.42 Å². The topological polar surface area (TPSA) is 104 Å². The Hall–Kier alpha value is 0.0335. The van der Waals surface area contributed by atoms with Gasteiger partial charge in [0.15, 0.2) is 0 Å². The first-order valence-corrected chi connectivity index (χ1v) is 4.90. The summed E-state index contributed by atoms with van der Waals surface area (Å²) in [6.07, 6.45) is 6.17. The summed E-state index contributed by atoms with van der Waals surface area (Å²) in [5, 5.41) is 6.66. The van der Waals surface area contributed by atoms with Gasteiger partial charge in [0.2, 0.25) is 0 Å². The third-order valence-electron chi connectivity index (χ3n) is 0.952. The van der Waals surface area contributed by atoms with Crippen LogP contribution in [0.1, 0.15) is 32.6 Å². The molecule has 0 atom stereocenters. The van der Waals surface area contributed by atoms with E-state index in [1.807, 2.05) is 0 Å².